The van der Waals surface area contributed by atoms with Gasteiger partial charge < -0.3 is 5.32 Å². The summed E-state index contributed by atoms with van der Waals surface area (Å²) >= 11 is 0. The molecule has 1 heterocycles. The van der Waals surface area contributed by atoms with Crippen LogP contribution in [0.1, 0.15) is 12.0 Å². The fourth-order valence-corrected chi connectivity index (χ4v) is 1.47. The quantitative estimate of drug-likeness (QED) is 0.659. The van der Waals surface area contributed by atoms with Crippen LogP contribution in [0.4, 0.5) is 10.1 Å². The summed E-state index contributed by atoms with van der Waals surface area (Å²) in [6, 6.07) is 5.19. The van der Waals surface area contributed by atoms with Crippen LogP contribution in [0.15, 0.2) is 18.2 Å². The minimum atomic E-state index is -0.0744. The second kappa shape index (κ2) is 3.76. The molecule has 1 aromatic rings. The van der Waals surface area contributed by atoms with Gasteiger partial charge in [0, 0.05) is 17.8 Å². The monoisotopic (exact) mass is 187 g/mol. The first-order chi connectivity index (χ1) is 5.38. The van der Waals surface area contributed by atoms with Gasteiger partial charge in [-0.3, -0.25) is 0 Å². The predicted molar refractivity (Wildman–Crippen MR) is 50.5 cm³/mol. The van der Waals surface area contributed by atoms with Gasteiger partial charge in [-0.2, -0.15) is 0 Å². The maximum absolute atomic E-state index is 13.0. The first-order valence-electron chi connectivity index (χ1n) is 3.89. The van der Waals surface area contributed by atoms with E-state index in [0.29, 0.717) is 0 Å². The molecule has 12 heavy (non-hydrogen) atoms. The molecule has 1 aliphatic heterocycles. The molecule has 0 radical (unpaired) electrons. The van der Waals surface area contributed by atoms with Crippen molar-refractivity contribution in [2.24, 2.45) is 0 Å². The number of nitrogens with one attached hydrogen (secondary N) is 1. The maximum atomic E-state index is 13.0. The highest BCUT2D eigenvalue weighted by Crippen LogP contribution is 2.23. The fourth-order valence-electron chi connectivity index (χ4n) is 1.47. The topological polar surface area (TPSA) is 12.0 Å². The Morgan fingerprint density at radius 3 is 2.92 bits per heavy atom. The van der Waals surface area contributed by atoms with Crippen molar-refractivity contribution >= 4 is 18.1 Å². The van der Waals surface area contributed by atoms with Crippen molar-refractivity contribution < 1.29 is 4.39 Å². The van der Waals surface area contributed by atoms with Gasteiger partial charge in [0.15, 0.2) is 0 Å². The van der Waals surface area contributed by atoms with Crippen molar-refractivity contribution in [1.29, 1.82) is 0 Å². The van der Waals surface area contributed by atoms with Crippen LogP contribution < -0.4 is 5.32 Å². The van der Waals surface area contributed by atoms with E-state index < -0.39 is 0 Å². The lowest BCUT2D eigenvalue weighted by atomic mass is 10.0. The van der Waals surface area contributed by atoms with E-state index in [0.717, 1.165) is 30.6 Å². The highest BCUT2D eigenvalue weighted by atomic mass is 35.5. The van der Waals surface area contributed by atoms with Gasteiger partial charge in [-0.25, -0.2) is 4.39 Å². The van der Waals surface area contributed by atoms with E-state index >= 15 is 0 Å². The zero-order valence-electron chi connectivity index (χ0n) is 6.64. The largest absolute Gasteiger partial charge is 0.385 e. The Kier molecular flexibility index (Phi) is 2.93. The first kappa shape index (κ1) is 9.33. The minimum Gasteiger partial charge on any atom is -0.385 e. The molecule has 0 bridgehead atoms. The van der Waals surface area contributed by atoms with Crippen LogP contribution in [0, 0.1) is 5.82 Å². The van der Waals surface area contributed by atoms with Crippen molar-refractivity contribution in [2.45, 2.75) is 12.8 Å². The standard InChI is InChI=1S/C9H10FN.ClH/c10-8-4-1-5-9-7(8)3-2-6-11-9;/h1,4-5,11H,2-3,6H2;1H. The Balaban J connectivity index is 0.000000720. The molecule has 0 atom stereocenters. The third-order valence-corrected chi connectivity index (χ3v) is 2.04. The summed E-state index contributed by atoms with van der Waals surface area (Å²) in [4.78, 5) is 0. The average molecular weight is 188 g/mol. The van der Waals surface area contributed by atoms with Crippen molar-refractivity contribution in [3.63, 3.8) is 0 Å². The summed E-state index contributed by atoms with van der Waals surface area (Å²) in [6.07, 6.45) is 1.91. The van der Waals surface area contributed by atoms with Gasteiger partial charge in [0.25, 0.3) is 0 Å². The van der Waals surface area contributed by atoms with Crippen molar-refractivity contribution in [3.05, 3.63) is 29.6 Å². The summed E-state index contributed by atoms with van der Waals surface area (Å²) < 4.78 is 13.0. The normalized spacial score (nSPS) is 14.1. The zero-order chi connectivity index (χ0) is 7.68. The van der Waals surface area contributed by atoms with Crippen molar-refractivity contribution in [1.82, 2.24) is 0 Å². The van der Waals surface area contributed by atoms with E-state index in [4.69, 9.17) is 0 Å². The van der Waals surface area contributed by atoms with E-state index in [1.165, 1.54) is 6.07 Å². The Hall–Kier alpha value is -0.760. The van der Waals surface area contributed by atoms with Gasteiger partial charge in [0.1, 0.15) is 5.82 Å². The van der Waals surface area contributed by atoms with Gasteiger partial charge in [-0.15, -0.1) is 12.4 Å². The third kappa shape index (κ3) is 1.53. The molecule has 0 saturated carbocycles. The van der Waals surface area contributed by atoms with Crippen LogP contribution in [0.25, 0.3) is 0 Å². The number of halogens is 2. The van der Waals surface area contributed by atoms with E-state index in [9.17, 15) is 4.39 Å². The molecular weight excluding hydrogens is 177 g/mol. The van der Waals surface area contributed by atoms with Crippen molar-refractivity contribution in [3.8, 4) is 0 Å². The predicted octanol–water partition coefficient (Wildman–Crippen LogP) is 2.61. The zero-order valence-corrected chi connectivity index (χ0v) is 7.46. The molecule has 0 spiro atoms. The number of rotatable bonds is 0. The Morgan fingerprint density at radius 2 is 2.17 bits per heavy atom. The van der Waals surface area contributed by atoms with Gasteiger partial charge in [-0.05, 0) is 25.0 Å². The average Bonchev–Trinajstić information content (AvgIpc) is 2.06. The number of benzene rings is 1. The number of hydrogen-bond donors (Lipinski definition) is 1. The molecule has 3 heteroatoms. The molecule has 2 rings (SSSR count). The van der Waals surface area contributed by atoms with E-state index in [-0.39, 0.29) is 18.2 Å². The SMILES string of the molecule is Cl.Fc1cccc2c1CCCN2. The Bertz CT molecular complexity index is 275. The number of fused-ring (bicyclic) bond motifs is 1. The Labute approximate surface area is 77.4 Å². The number of anilines is 1. The van der Waals surface area contributed by atoms with Crippen LogP contribution >= 0.6 is 12.4 Å². The summed E-state index contributed by atoms with van der Waals surface area (Å²) in [5.74, 6) is -0.0744. The second-order valence-corrected chi connectivity index (χ2v) is 2.80. The Morgan fingerprint density at radius 1 is 1.33 bits per heavy atom. The van der Waals surface area contributed by atoms with Crippen LogP contribution in [-0.2, 0) is 6.42 Å². The molecule has 0 amide bonds. The molecule has 1 aromatic carbocycles. The molecule has 0 aromatic heterocycles. The molecule has 1 N–H and O–H groups in total. The van der Waals surface area contributed by atoms with Gasteiger partial charge in [0.05, 0.1) is 0 Å². The third-order valence-electron chi connectivity index (χ3n) is 2.04. The lowest BCUT2D eigenvalue weighted by Gasteiger charge is -2.17. The summed E-state index contributed by atoms with van der Waals surface area (Å²) in [7, 11) is 0. The second-order valence-electron chi connectivity index (χ2n) is 2.80. The fraction of sp³-hybridized carbons (Fsp3) is 0.333. The number of hydrogen-bond acceptors (Lipinski definition) is 1. The molecular formula is C9H11ClFN. The molecule has 0 unspecified atom stereocenters. The van der Waals surface area contributed by atoms with Gasteiger partial charge in [0.2, 0.25) is 0 Å². The van der Waals surface area contributed by atoms with E-state index in [1.54, 1.807) is 6.07 Å². The highest BCUT2D eigenvalue weighted by molar-refractivity contribution is 5.85. The van der Waals surface area contributed by atoms with Crippen LogP contribution in [-0.4, -0.2) is 6.54 Å². The van der Waals surface area contributed by atoms with Gasteiger partial charge >= 0.3 is 0 Å². The van der Waals surface area contributed by atoms with Crippen LogP contribution in [0.3, 0.4) is 0 Å². The first-order valence-corrected chi connectivity index (χ1v) is 3.89. The van der Waals surface area contributed by atoms with E-state index in [1.807, 2.05) is 6.07 Å². The molecule has 1 aliphatic rings. The summed E-state index contributed by atoms with van der Waals surface area (Å²) in [6.45, 7) is 0.969. The lowest BCUT2D eigenvalue weighted by molar-refractivity contribution is 0.602. The maximum Gasteiger partial charge on any atom is 0.128 e. The molecule has 0 fully saturated rings. The van der Waals surface area contributed by atoms with Gasteiger partial charge in [-0.1, -0.05) is 6.07 Å². The highest BCUT2D eigenvalue weighted by Gasteiger charge is 2.11. The van der Waals surface area contributed by atoms with E-state index in [2.05, 4.69) is 5.32 Å². The smallest absolute Gasteiger partial charge is 0.128 e. The van der Waals surface area contributed by atoms with Crippen LogP contribution in [0.5, 0.6) is 0 Å². The molecule has 1 nitrogen and oxygen atoms in total. The lowest BCUT2D eigenvalue weighted by Crippen LogP contribution is -2.12. The minimum absolute atomic E-state index is 0. The van der Waals surface area contributed by atoms with Crippen LogP contribution in [0.2, 0.25) is 0 Å². The molecule has 66 valence electrons. The summed E-state index contributed by atoms with van der Waals surface area (Å²) in [5.41, 5.74) is 1.81. The van der Waals surface area contributed by atoms with Crippen molar-refractivity contribution in [2.75, 3.05) is 11.9 Å². The molecule has 0 aliphatic carbocycles. The summed E-state index contributed by atoms with van der Waals surface area (Å²) in [5, 5.41) is 3.16. The molecule has 0 saturated heterocycles.